The van der Waals surface area contributed by atoms with E-state index in [0.717, 1.165) is 6.42 Å². The number of aliphatic carboxylic acids is 1. The number of hydrogen-bond acceptors (Lipinski definition) is 1. The molecule has 0 aliphatic carbocycles. The normalized spacial score (nSPS) is 8.78. The third kappa shape index (κ3) is 12.0. The Balaban J connectivity index is 0. The zero-order chi connectivity index (χ0) is 6.57. The molecule has 0 aliphatic heterocycles. The Kier molecular flexibility index (Phi) is 9.44. The van der Waals surface area contributed by atoms with Crippen LogP contribution in [0.15, 0.2) is 0 Å². The molecule has 0 unspecified atom stereocenters. The molecule has 0 aromatic rings. The Hall–Kier alpha value is 0.730. The Bertz CT molecular complexity index is 81.1. The molecule has 0 radical (unpaired) electrons. The van der Waals surface area contributed by atoms with Gasteiger partial charge in [0.05, 0.1) is 0 Å². The fourth-order valence-electron chi connectivity index (χ4n) is 0.412. The van der Waals surface area contributed by atoms with E-state index < -0.39 is 5.97 Å². The van der Waals surface area contributed by atoms with Crippen molar-refractivity contribution in [2.45, 2.75) is 26.7 Å². The summed E-state index contributed by atoms with van der Waals surface area (Å²) in [5.41, 5.74) is 0. The molecule has 0 rings (SSSR count). The fourth-order valence-corrected chi connectivity index (χ4v) is 0.412. The van der Waals surface area contributed by atoms with Crippen molar-refractivity contribution in [3.63, 3.8) is 0 Å². The molecule has 0 aromatic carbocycles. The summed E-state index contributed by atoms with van der Waals surface area (Å²) >= 11 is 0. The summed E-state index contributed by atoms with van der Waals surface area (Å²) in [6.07, 6.45) is 1.09. The Morgan fingerprint density at radius 1 is 1.56 bits per heavy atom. The van der Waals surface area contributed by atoms with Crippen LogP contribution in [0.1, 0.15) is 26.7 Å². The number of carboxylic acids is 1. The summed E-state index contributed by atoms with van der Waals surface area (Å²) in [5.74, 6) is -0.190. The molecule has 0 bridgehead atoms. The summed E-state index contributed by atoms with van der Waals surface area (Å²) in [4.78, 5) is 9.90. The van der Waals surface area contributed by atoms with E-state index in [1.54, 1.807) is 0 Å². The van der Waals surface area contributed by atoms with Gasteiger partial charge in [0.2, 0.25) is 0 Å². The van der Waals surface area contributed by atoms with Crippen molar-refractivity contribution in [1.82, 2.24) is 0 Å². The third-order valence-corrected chi connectivity index (χ3v) is 0.936. The number of carbonyl (C=O) groups is 1. The molecule has 52 valence electrons. The number of carboxylic acid groups (broad SMARTS) is 1. The molecule has 9 heavy (non-hydrogen) atoms. The van der Waals surface area contributed by atoms with Crippen molar-refractivity contribution in [2.75, 3.05) is 0 Å². The van der Waals surface area contributed by atoms with Gasteiger partial charge in [0, 0.05) is 6.42 Å². The minimum absolute atomic E-state index is 0. The van der Waals surface area contributed by atoms with Crippen LogP contribution in [-0.2, 0) is 4.79 Å². The maximum absolute atomic E-state index is 9.90. The number of hydrogen-bond donors (Lipinski definition) is 1. The van der Waals surface area contributed by atoms with Crippen LogP contribution in [0.3, 0.4) is 0 Å². The predicted octanol–water partition coefficient (Wildman–Crippen LogP) is 0.591. The van der Waals surface area contributed by atoms with Crippen molar-refractivity contribution in [3.05, 3.63) is 0 Å². The van der Waals surface area contributed by atoms with Crippen LogP contribution in [0.5, 0.6) is 0 Å². The Morgan fingerprint density at radius 2 is 2.00 bits per heavy atom. The van der Waals surface area contributed by atoms with Gasteiger partial charge in [-0.25, -0.2) is 0 Å². The first kappa shape index (κ1) is 12.4. The van der Waals surface area contributed by atoms with Gasteiger partial charge in [-0.05, 0) is 12.3 Å². The van der Waals surface area contributed by atoms with E-state index in [-0.39, 0.29) is 37.7 Å². The van der Waals surface area contributed by atoms with Gasteiger partial charge in [-0.15, -0.1) is 0 Å². The van der Waals surface area contributed by atoms with Gasteiger partial charge < -0.3 is 5.11 Å². The van der Waals surface area contributed by atoms with Crippen LogP contribution < -0.4 is 0 Å². The summed E-state index contributed by atoms with van der Waals surface area (Å²) in [6.45, 7) is 4.03. The second kappa shape index (κ2) is 6.84. The third-order valence-electron chi connectivity index (χ3n) is 0.936. The first-order valence-electron chi connectivity index (χ1n) is 2.84. The Labute approximate surface area is 85.6 Å². The van der Waals surface area contributed by atoms with Crippen molar-refractivity contribution in [2.24, 2.45) is 5.92 Å². The van der Waals surface area contributed by atoms with Gasteiger partial charge >= 0.3 is 43.7 Å². The zero-order valence-corrected chi connectivity index (χ0v) is 5.35. The van der Waals surface area contributed by atoms with Crippen molar-refractivity contribution in [1.29, 1.82) is 0 Å². The van der Waals surface area contributed by atoms with Crippen LogP contribution in [0, 0.1) is 5.92 Å². The minimum atomic E-state index is -0.696. The van der Waals surface area contributed by atoms with E-state index in [1.165, 1.54) is 0 Å². The van der Waals surface area contributed by atoms with Crippen molar-refractivity contribution >= 4 is 43.7 Å². The molecular weight excluding hydrogens is 144 g/mol. The average Bonchev–Trinajstić information content (AvgIpc) is 1.61. The summed E-state index contributed by atoms with van der Waals surface area (Å²) in [7, 11) is 0. The van der Waals surface area contributed by atoms with Gasteiger partial charge in [0.25, 0.3) is 0 Å². The van der Waals surface area contributed by atoms with E-state index in [4.69, 9.17) is 5.11 Å². The van der Waals surface area contributed by atoms with E-state index in [0.29, 0.717) is 12.3 Å². The molecule has 0 atom stereocenters. The molecule has 0 heterocycles. The molecule has 0 fully saturated rings. The SMILES string of the molecule is CC(C)CCC(=O)O.[CaH2]. The van der Waals surface area contributed by atoms with E-state index >= 15 is 0 Å². The summed E-state index contributed by atoms with van der Waals surface area (Å²) in [6, 6.07) is 0. The van der Waals surface area contributed by atoms with Crippen LogP contribution >= 0.6 is 0 Å². The van der Waals surface area contributed by atoms with E-state index in [1.807, 2.05) is 13.8 Å². The quantitative estimate of drug-likeness (QED) is 0.610. The van der Waals surface area contributed by atoms with E-state index in [9.17, 15) is 4.79 Å². The first-order chi connectivity index (χ1) is 3.63. The molecule has 0 saturated heterocycles. The molecule has 2 nitrogen and oxygen atoms in total. The van der Waals surface area contributed by atoms with Crippen molar-refractivity contribution in [3.8, 4) is 0 Å². The zero-order valence-electron chi connectivity index (χ0n) is 5.35. The van der Waals surface area contributed by atoms with Crippen LogP contribution in [0.25, 0.3) is 0 Å². The molecule has 0 aromatic heterocycles. The molecule has 0 spiro atoms. The topological polar surface area (TPSA) is 37.3 Å². The summed E-state index contributed by atoms with van der Waals surface area (Å²) in [5, 5.41) is 8.16. The maximum atomic E-state index is 9.90. The van der Waals surface area contributed by atoms with Gasteiger partial charge in [0.15, 0.2) is 0 Å². The average molecular weight is 158 g/mol. The molecule has 0 amide bonds. The van der Waals surface area contributed by atoms with Gasteiger partial charge in [-0.2, -0.15) is 0 Å². The molecule has 1 N–H and O–H groups in total. The predicted molar refractivity (Wildman–Crippen MR) is 40.3 cm³/mol. The van der Waals surface area contributed by atoms with Crippen LogP contribution in [0.2, 0.25) is 0 Å². The van der Waals surface area contributed by atoms with E-state index in [2.05, 4.69) is 0 Å². The first-order valence-corrected chi connectivity index (χ1v) is 2.84. The fraction of sp³-hybridized carbons (Fsp3) is 0.833. The van der Waals surface area contributed by atoms with Gasteiger partial charge in [0.1, 0.15) is 0 Å². The molecule has 3 heteroatoms. The van der Waals surface area contributed by atoms with Gasteiger partial charge in [-0.1, -0.05) is 13.8 Å². The number of rotatable bonds is 3. The second-order valence-corrected chi connectivity index (χ2v) is 2.33. The second-order valence-electron chi connectivity index (χ2n) is 2.33. The molecular formula is C6H14CaO2. The monoisotopic (exact) mass is 158 g/mol. The molecule has 0 saturated carbocycles. The Morgan fingerprint density at radius 3 is 2.11 bits per heavy atom. The van der Waals surface area contributed by atoms with Gasteiger partial charge in [-0.3, -0.25) is 4.79 Å². The van der Waals surface area contributed by atoms with Crippen molar-refractivity contribution < 1.29 is 9.90 Å². The molecule has 0 aliphatic rings. The standard InChI is InChI=1S/C6H12O2.Ca.2H/c1-5(2)3-4-6(7)8;;;/h5H,3-4H2,1-2H3,(H,7,8);;;. The van der Waals surface area contributed by atoms with Crippen LogP contribution in [0.4, 0.5) is 0 Å². The van der Waals surface area contributed by atoms with Crippen LogP contribution in [-0.4, -0.2) is 48.8 Å². The summed E-state index contributed by atoms with van der Waals surface area (Å²) < 4.78 is 0.